The fourth-order valence-electron chi connectivity index (χ4n) is 2.18. The number of hydrogen-bond donors (Lipinski definition) is 3. The second-order valence-corrected chi connectivity index (χ2v) is 6.46. The second-order valence-electron chi connectivity index (χ2n) is 6.46. The number of aliphatic hydroxyl groups is 1. The van der Waals surface area contributed by atoms with Crippen LogP contribution in [0.2, 0.25) is 0 Å². The Labute approximate surface area is 128 Å². The first-order valence-electron chi connectivity index (χ1n) is 7.62. The molecule has 1 rings (SSSR count). The molecule has 2 amide bonds. The van der Waals surface area contributed by atoms with Crippen LogP contribution < -0.4 is 10.6 Å². The van der Waals surface area contributed by atoms with Crippen LogP contribution in [0.3, 0.4) is 0 Å². The summed E-state index contributed by atoms with van der Waals surface area (Å²) < 4.78 is 0. The molecule has 0 heterocycles. The van der Waals surface area contributed by atoms with Gasteiger partial charge >= 0.3 is 6.03 Å². The predicted octanol–water partition coefficient (Wildman–Crippen LogP) is 3.23. The summed E-state index contributed by atoms with van der Waals surface area (Å²) >= 11 is 0. The number of urea groups is 1. The molecule has 1 aromatic rings. The van der Waals surface area contributed by atoms with Crippen LogP contribution in [0.4, 0.5) is 4.79 Å². The Hall–Kier alpha value is -1.55. The van der Waals surface area contributed by atoms with Gasteiger partial charge in [-0.3, -0.25) is 0 Å². The van der Waals surface area contributed by atoms with Crippen molar-refractivity contribution < 1.29 is 9.90 Å². The zero-order chi connectivity index (χ0) is 15.9. The van der Waals surface area contributed by atoms with Crippen LogP contribution in [-0.2, 0) is 0 Å². The summed E-state index contributed by atoms with van der Waals surface area (Å²) in [5.74, 6) is 0. The molecule has 0 saturated heterocycles. The van der Waals surface area contributed by atoms with Crippen molar-refractivity contribution in [3.63, 3.8) is 0 Å². The van der Waals surface area contributed by atoms with Crippen molar-refractivity contribution in [2.45, 2.75) is 52.7 Å². The number of aliphatic hydroxyl groups excluding tert-OH is 1. The SMILES string of the molecule is CCC(O)CCNC(=O)NC(c1ccccc1)C(C)(C)C. The van der Waals surface area contributed by atoms with Crippen molar-refractivity contribution in [2.75, 3.05) is 6.54 Å². The van der Waals surface area contributed by atoms with Crippen LogP contribution in [0.15, 0.2) is 30.3 Å². The third kappa shape index (κ3) is 6.17. The first-order chi connectivity index (χ1) is 9.84. The molecule has 118 valence electrons. The van der Waals surface area contributed by atoms with Crippen molar-refractivity contribution in [1.82, 2.24) is 10.6 Å². The van der Waals surface area contributed by atoms with E-state index in [0.29, 0.717) is 19.4 Å². The molecule has 2 unspecified atom stereocenters. The van der Waals surface area contributed by atoms with Gasteiger partial charge in [0.15, 0.2) is 0 Å². The molecule has 0 aliphatic heterocycles. The van der Waals surface area contributed by atoms with Crippen LogP contribution in [0.1, 0.15) is 52.1 Å². The summed E-state index contributed by atoms with van der Waals surface area (Å²) in [6.45, 7) is 8.71. The van der Waals surface area contributed by atoms with Crippen LogP contribution in [-0.4, -0.2) is 23.8 Å². The molecule has 0 radical (unpaired) electrons. The van der Waals surface area contributed by atoms with Gasteiger partial charge in [0, 0.05) is 6.54 Å². The van der Waals surface area contributed by atoms with Gasteiger partial charge in [0.05, 0.1) is 12.1 Å². The Kier molecular flexibility index (Phi) is 6.69. The number of nitrogens with one attached hydrogen (secondary N) is 2. The normalized spacial score (nSPS) is 14.3. The van der Waals surface area contributed by atoms with E-state index in [1.165, 1.54) is 0 Å². The zero-order valence-corrected chi connectivity index (χ0v) is 13.5. The average Bonchev–Trinajstić information content (AvgIpc) is 2.44. The van der Waals surface area contributed by atoms with Crippen LogP contribution >= 0.6 is 0 Å². The smallest absolute Gasteiger partial charge is 0.315 e. The second kappa shape index (κ2) is 8.03. The lowest BCUT2D eigenvalue weighted by molar-refractivity contribution is 0.159. The maximum absolute atomic E-state index is 12.0. The maximum atomic E-state index is 12.0. The fourth-order valence-corrected chi connectivity index (χ4v) is 2.18. The molecule has 0 aliphatic carbocycles. The van der Waals surface area contributed by atoms with Gasteiger partial charge < -0.3 is 15.7 Å². The Morgan fingerprint density at radius 1 is 1.24 bits per heavy atom. The van der Waals surface area contributed by atoms with E-state index in [4.69, 9.17) is 0 Å². The maximum Gasteiger partial charge on any atom is 0.315 e. The highest BCUT2D eigenvalue weighted by atomic mass is 16.3. The molecule has 0 aliphatic rings. The minimum atomic E-state index is -0.349. The molecule has 0 saturated carbocycles. The van der Waals surface area contributed by atoms with Crippen molar-refractivity contribution in [2.24, 2.45) is 5.41 Å². The summed E-state index contributed by atoms with van der Waals surface area (Å²) in [4.78, 5) is 12.0. The van der Waals surface area contributed by atoms with Crippen molar-refractivity contribution >= 4 is 6.03 Å². The van der Waals surface area contributed by atoms with Crippen molar-refractivity contribution in [3.8, 4) is 0 Å². The van der Waals surface area contributed by atoms with Gasteiger partial charge in [0.25, 0.3) is 0 Å². The summed E-state index contributed by atoms with van der Waals surface area (Å²) in [5.41, 5.74) is 1.01. The largest absolute Gasteiger partial charge is 0.393 e. The number of benzene rings is 1. The van der Waals surface area contributed by atoms with Gasteiger partial charge in [-0.2, -0.15) is 0 Å². The fraction of sp³-hybridized carbons (Fsp3) is 0.588. The van der Waals surface area contributed by atoms with E-state index in [-0.39, 0.29) is 23.6 Å². The van der Waals surface area contributed by atoms with E-state index in [1.807, 2.05) is 37.3 Å². The molecular formula is C17H28N2O2. The Morgan fingerprint density at radius 2 is 1.86 bits per heavy atom. The molecule has 0 aromatic heterocycles. The lowest BCUT2D eigenvalue weighted by Gasteiger charge is -2.32. The number of rotatable bonds is 6. The van der Waals surface area contributed by atoms with E-state index in [0.717, 1.165) is 5.56 Å². The minimum absolute atomic E-state index is 0.0604. The number of carbonyl (C=O) groups excluding carboxylic acids is 1. The Morgan fingerprint density at radius 3 is 2.38 bits per heavy atom. The van der Waals surface area contributed by atoms with Gasteiger partial charge in [-0.1, -0.05) is 58.0 Å². The number of carbonyl (C=O) groups is 1. The number of hydrogen-bond acceptors (Lipinski definition) is 2. The Balaban J connectivity index is 2.60. The Bertz CT molecular complexity index is 426. The topological polar surface area (TPSA) is 61.4 Å². The highest BCUT2D eigenvalue weighted by molar-refractivity contribution is 5.74. The molecule has 4 nitrogen and oxygen atoms in total. The summed E-state index contributed by atoms with van der Waals surface area (Å²) in [6.07, 6.45) is 0.936. The third-order valence-electron chi connectivity index (χ3n) is 3.51. The molecule has 1 aromatic carbocycles. The van der Waals surface area contributed by atoms with Gasteiger partial charge in [0.2, 0.25) is 0 Å². The lowest BCUT2D eigenvalue weighted by atomic mass is 9.82. The van der Waals surface area contributed by atoms with E-state index in [9.17, 15) is 9.90 Å². The first-order valence-corrected chi connectivity index (χ1v) is 7.62. The van der Waals surface area contributed by atoms with Gasteiger partial charge in [-0.25, -0.2) is 4.79 Å². The summed E-state index contributed by atoms with van der Waals surface area (Å²) in [6, 6.07) is 9.72. The number of amides is 2. The van der Waals surface area contributed by atoms with Crippen LogP contribution in [0.5, 0.6) is 0 Å². The minimum Gasteiger partial charge on any atom is -0.393 e. The molecule has 21 heavy (non-hydrogen) atoms. The molecule has 3 N–H and O–H groups in total. The first kappa shape index (κ1) is 17.5. The third-order valence-corrected chi connectivity index (χ3v) is 3.51. The average molecular weight is 292 g/mol. The molecule has 0 fully saturated rings. The predicted molar refractivity (Wildman–Crippen MR) is 86.1 cm³/mol. The lowest BCUT2D eigenvalue weighted by Crippen LogP contribution is -2.43. The zero-order valence-electron chi connectivity index (χ0n) is 13.5. The molecule has 0 spiro atoms. The van der Waals surface area contributed by atoms with Crippen molar-refractivity contribution in [3.05, 3.63) is 35.9 Å². The highest BCUT2D eigenvalue weighted by Crippen LogP contribution is 2.32. The summed E-state index contributed by atoms with van der Waals surface area (Å²) in [5, 5.41) is 15.3. The molecule has 0 bridgehead atoms. The van der Waals surface area contributed by atoms with E-state index in [1.54, 1.807) is 0 Å². The highest BCUT2D eigenvalue weighted by Gasteiger charge is 2.27. The molecular weight excluding hydrogens is 264 g/mol. The van der Waals surface area contributed by atoms with Gasteiger partial charge in [-0.15, -0.1) is 0 Å². The molecule has 2 atom stereocenters. The van der Waals surface area contributed by atoms with E-state index >= 15 is 0 Å². The van der Waals surface area contributed by atoms with E-state index < -0.39 is 0 Å². The standard InChI is InChI=1S/C17H28N2O2/c1-5-14(20)11-12-18-16(21)19-15(17(2,3)4)13-9-7-6-8-10-13/h6-10,14-15,20H,5,11-12H2,1-4H3,(H2,18,19,21). The summed E-state index contributed by atoms with van der Waals surface area (Å²) in [7, 11) is 0. The van der Waals surface area contributed by atoms with E-state index in [2.05, 4.69) is 31.4 Å². The monoisotopic (exact) mass is 292 g/mol. The van der Waals surface area contributed by atoms with Gasteiger partial charge in [-0.05, 0) is 23.8 Å². The van der Waals surface area contributed by atoms with Gasteiger partial charge in [0.1, 0.15) is 0 Å². The van der Waals surface area contributed by atoms with Crippen molar-refractivity contribution in [1.29, 1.82) is 0 Å². The molecule has 4 heteroatoms. The van der Waals surface area contributed by atoms with Crippen LogP contribution in [0, 0.1) is 5.41 Å². The van der Waals surface area contributed by atoms with Crippen LogP contribution in [0.25, 0.3) is 0 Å². The quantitative estimate of drug-likeness (QED) is 0.754.